The zero-order valence-electron chi connectivity index (χ0n) is 15.9. The SMILES string of the molecule is C[C@@H]1C(=O)Nc2ccc(C(=O)COC(=O)[C@H]3CC(=O)N(C4CCCC4)C3)cc21. The van der Waals surface area contributed by atoms with Crippen LogP contribution >= 0.6 is 0 Å². The molecular weight excluding hydrogens is 360 g/mol. The molecule has 1 aromatic rings. The van der Waals surface area contributed by atoms with Gasteiger partial charge in [-0.05, 0) is 43.5 Å². The second kappa shape index (κ2) is 7.37. The first-order valence-corrected chi connectivity index (χ1v) is 9.88. The number of rotatable bonds is 5. The minimum Gasteiger partial charge on any atom is -0.457 e. The summed E-state index contributed by atoms with van der Waals surface area (Å²) in [6, 6.07) is 5.24. The minimum atomic E-state index is -0.497. The van der Waals surface area contributed by atoms with Gasteiger partial charge in [0.2, 0.25) is 11.8 Å². The van der Waals surface area contributed by atoms with Crippen LogP contribution in [-0.2, 0) is 19.1 Å². The van der Waals surface area contributed by atoms with Gasteiger partial charge in [0.1, 0.15) is 0 Å². The van der Waals surface area contributed by atoms with Crippen molar-refractivity contribution in [2.45, 2.75) is 51.0 Å². The molecule has 7 nitrogen and oxygen atoms in total. The fourth-order valence-electron chi connectivity index (χ4n) is 4.39. The Bertz CT molecular complexity index is 843. The largest absolute Gasteiger partial charge is 0.457 e. The zero-order chi connectivity index (χ0) is 19.8. The second-order valence-electron chi connectivity index (χ2n) is 7.93. The maximum Gasteiger partial charge on any atom is 0.311 e. The summed E-state index contributed by atoms with van der Waals surface area (Å²) in [6.07, 6.45) is 4.41. The van der Waals surface area contributed by atoms with Crippen LogP contribution in [0, 0.1) is 5.92 Å². The summed E-state index contributed by atoms with van der Waals surface area (Å²) in [5, 5.41) is 2.76. The molecule has 1 aromatic carbocycles. The van der Waals surface area contributed by atoms with E-state index in [0.29, 0.717) is 17.8 Å². The number of benzene rings is 1. The molecule has 0 bridgehead atoms. The molecule has 1 aliphatic carbocycles. The Labute approximate surface area is 163 Å². The fourth-order valence-corrected chi connectivity index (χ4v) is 4.39. The lowest BCUT2D eigenvalue weighted by molar-refractivity contribution is -0.147. The highest BCUT2D eigenvalue weighted by Crippen LogP contribution is 2.33. The summed E-state index contributed by atoms with van der Waals surface area (Å²) in [7, 11) is 0. The number of hydrogen-bond acceptors (Lipinski definition) is 5. The van der Waals surface area contributed by atoms with Crippen molar-refractivity contribution in [2.24, 2.45) is 5.92 Å². The first-order valence-electron chi connectivity index (χ1n) is 9.88. The lowest BCUT2D eigenvalue weighted by Gasteiger charge is -2.23. The topological polar surface area (TPSA) is 92.8 Å². The lowest BCUT2D eigenvalue weighted by atomic mass is 9.99. The number of carbonyl (C=O) groups excluding carboxylic acids is 4. The van der Waals surface area contributed by atoms with Gasteiger partial charge in [-0.2, -0.15) is 0 Å². The van der Waals surface area contributed by atoms with Crippen LogP contribution in [0.1, 0.15) is 60.9 Å². The van der Waals surface area contributed by atoms with Crippen molar-refractivity contribution in [3.8, 4) is 0 Å². The van der Waals surface area contributed by atoms with Gasteiger partial charge in [-0.15, -0.1) is 0 Å². The van der Waals surface area contributed by atoms with Crippen LogP contribution in [0.2, 0.25) is 0 Å². The molecule has 0 radical (unpaired) electrons. The summed E-state index contributed by atoms with van der Waals surface area (Å²) in [5.74, 6) is -1.71. The molecule has 1 saturated heterocycles. The van der Waals surface area contributed by atoms with Gasteiger partial charge >= 0.3 is 5.97 Å². The monoisotopic (exact) mass is 384 g/mol. The Hall–Kier alpha value is -2.70. The molecule has 1 N–H and O–H groups in total. The number of hydrogen-bond donors (Lipinski definition) is 1. The van der Waals surface area contributed by atoms with Crippen LogP contribution < -0.4 is 5.32 Å². The molecule has 0 aromatic heterocycles. The molecule has 2 fully saturated rings. The van der Waals surface area contributed by atoms with E-state index in [-0.39, 0.29) is 42.6 Å². The second-order valence-corrected chi connectivity index (χ2v) is 7.93. The van der Waals surface area contributed by atoms with Crippen molar-refractivity contribution in [1.29, 1.82) is 0 Å². The maximum absolute atomic E-state index is 12.4. The Balaban J connectivity index is 1.33. The molecule has 2 atom stereocenters. The molecule has 2 amide bonds. The third kappa shape index (κ3) is 3.41. The van der Waals surface area contributed by atoms with E-state index in [9.17, 15) is 19.2 Å². The molecule has 1 saturated carbocycles. The number of ether oxygens (including phenoxy) is 1. The molecule has 2 heterocycles. The molecule has 28 heavy (non-hydrogen) atoms. The van der Waals surface area contributed by atoms with E-state index < -0.39 is 11.9 Å². The fraction of sp³-hybridized carbons (Fsp3) is 0.524. The number of fused-ring (bicyclic) bond motifs is 1. The average molecular weight is 384 g/mol. The van der Waals surface area contributed by atoms with E-state index in [1.54, 1.807) is 25.1 Å². The first kappa shape index (κ1) is 18.7. The molecular formula is C21H24N2O5. The van der Waals surface area contributed by atoms with Gasteiger partial charge in [-0.3, -0.25) is 19.2 Å². The van der Waals surface area contributed by atoms with Crippen molar-refractivity contribution < 1.29 is 23.9 Å². The van der Waals surface area contributed by atoms with Gasteiger partial charge in [-0.25, -0.2) is 0 Å². The lowest BCUT2D eigenvalue weighted by Crippen LogP contribution is -2.35. The van der Waals surface area contributed by atoms with Gasteiger partial charge in [0, 0.05) is 30.3 Å². The highest BCUT2D eigenvalue weighted by atomic mass is 16.5. The van der Waals surface area contributed by atoms with Crippen LogP contribution in [0.15, 0.2) is 18.2 Å². The third-order valence-corrected chi connectivity index (χ3v) is 6.09. The van der Waals surface area contributed by atoms with E-state index in [4.69, 9.17) is 4.74 Å². The number of nitrogens with one attached hydrogen (secondary N) is 1. The molecule has 0 spiro atoms. The van der Waals surface area contributed by atoms with Crippen LogP contribution in [0.4, 0.5) is 5.69 Å². The number of nitrogens with zero attached hydrogens (tertiary/aromatic N) is 1. The summed E-state index contributed by atoms with van der Waals surface area (Å²) >= 11 is 0. The number of Topliss-reactive ketones (excluding diaryl/α,β-unsaturated/α-hetero) is 1. The number of carbonyl (C=O) groups is 4. The average Bonchev–Trinajstić information content (AvgIpc) is 3.40. The van der Waals surface area contributed by atoms with Crippen LogP contribution in [0.3, 0.4) is 0 Å². The van der Waals surface area contributed by atoms with Crippen molar-refractivity contribution in [2.75, 3.05) is 18.5 Å². The minimum absolute atomic E-state index is 0.00459. The predicted octanol–water partition coefficient (Wildman–Crippen LogP) is 2.26. The third-order valence-electron chi connectivity index (χ3n) is 6.09. The Morgan fingerprint density at radius 3 is 2.71 bits per heavy atom. The van der Waals surface area contributed by atoms with Gasteiger partial charge < -0.3 is 15.0 Å². The quantitative estimate of drug-likeness (QED) is 0.621. The highest BCUT2D eigenvalue weighted by Gasteiger charge is 2.39. The van der Waals surface area contributed by atoms with Gasteiger partial charge in [0.15, 0.2) is 12.4 Å². The van der Waals surface area contributed by atoms with E-state index in [1.807, 2.05) is 4.90 Å². The van der Waals surface area contributed by atoms with Crippen molar-refractivity contribution in [3.63, 3.8) is 0 Å². The Morgan fingerprint density at radius 2 is 1.96 bits per heavy atom. The van der Waals surface area contributed by atoms with E-state index in [2.05, 4.69) is 5.32 Å². The molecule has 148 valence electrons. The standard InChI is InChI=1S/C21H24N2O5/c1-12-16-8-13(6-7-17(16)22-20(12)26)18(24)11-28-21(27)14-9-19(25)23(10-14)15-4-2-3-5-15/h6-8,12,14-15H,2-5,9-11H2,1H3,(H,22,26)/t12-,14-/m0/s1. The highest BCUT2D eigenvalue weighted by molar-refractivity contribution is 6.05. The summed E-state index contributed by atoms with van der Waals surface area (Å²) < 4.78 is 5.22. The number of anilines is 1. The van der Waals surface area contributed by atoms with Crippen LogP contribution in [0.5, 0.6) is 0 Å². The van der Waals surface area contributed by atoms with E-state index in [1.165, 1.54) is 0 Å². The smallest absolute Gasteiger partial charge is 0.311 e. The van der Waals surface area contributed by atoms with Crippen molar-refractivity contribution in [3.05, 3.63) is 29.3 Å². The Kier molecular flexibility index (Phi) is 4.91. The molecule has 3 aliphatic rings. The first-order chi connectivity index (χ1) is 13.4. The summed E-state index contributed by atoms with van der Waals surface area (Å²) in [4.78, 5) is 50.5. The summed E-state index contributed by atoms with van der Waals surface area (Å²) in [5.41, 5.74) is 1.89. The number of amides is 2. The van der Waals surface area contributed by atoms with E-state index >= 15 is 0 Å². The number of ketones is 1. The summed E-state index contributed by atoms with van der Waals surface area (Å²) in [6.45, 7) is 1.81. The zero-order valence-corrected chi connectivity index (χ0v) is 15.9. The normalized spacial score (nSPS) is 24.4. The van der Waals surface area contributed by atoms with Crippen LogP contribution in [-0.4, -0.2) is 47.7 Å². The van der Waals surface area contributed by atoms with Crippen LogP contribution in [0.25, 0.3) is 0 Å². The van der Waals surface area contributed by atoms with E-state index in [0.717, 1.165) is 31.2 Å². The molecule has 4 rings (SSSR count). The number of likely N-dealkylation sites (tertiary alicyclic amines) is 1. The molecule has 2 aliphatic heterocycles. The predicted molar refractivity (Wildman–Crippen MR) is 101 cm³/mol. The maximum atomic E-state index is 12.4. The van der Waals surface area contributed by atoms with Crippen molar-refractivity contribution in [1.82, 2.24) is 4.90 Å². The molecule has 7 heteroatoms. The van der Waals surface area contributed by atoms with Gasteiger partial charge in [0.05, 0.1) is 11.8 Å². The molecule has 0 unspecified atom stereocenters. The van der Waals surface area contributed by atoms with Gasteiger partial charge in [0.25, 0.3) is 0 Å². The number of esters is 1. The van der Waals surface area contributed by atoms with Gasteiger partial charge in [-0.1, -0.05) is 12.8 Å². The van der Waals surface area contributed by atoms with Crippen molar-refractivity contribution >= 4 is 29.3 Å². The Morgan fingerprint density at radius 1 is 1.21 bits per heavy atom.